The van der Waals surface area contributed by atoms with E-state index in [2.05, 4.69) is 10.5 Å². The monoisotopic (exact) mass is 361 g/mol. The fourth-order valence-electron chi connectivity index (χ4n) is 2.10. The van der Waals surface area contributed by atoms with Gasteiger partial charge in [-0.05, 0) is 30.7 Å². The highest BCUT2D eigenvalue weighted by molar-refractivity contribution is 5.85. The van der Waals surface area contributed by atoms with Crippen molar-refractivity contribution in [3.63, 3.8) is 0 Å². The standard InChI is InChI=1S/C17H16FN3O5/c1-2-26-15-8-12(7-14(17(15)23)21(24)25)10-19-20-16(22)9-11-3-5-13(18)6-4-11/h3-8,10,23H,2,9H2,1H3,(H,20,22)/b19-10+. The molecule has 0 bridgehead atoms. The number of aromatic hydroxyl groups is 1. The van der Waals surface area contributed by atoms with Gasteiger partial charge in [0.1, 0.15) is 5.82 Å². The van der Waals surface area contributed by atoms with E-state index in [-0.39, 0.29) is 24.3 Å². The van der Waals surface area contributed by atoms with Gasteiger partial charge in [-0.1, -0.05) is 12.1 Å². The van der Waals surface area contributed by atoms with E-state index >= 15 is 0 Å². The predicted molar refractivity (Wildman–Crippen MR) is 91.8 cm³/mol. The molecule has 136 valence electrons. The summed E-state index contributed by atoms with van der Waals surface area (Å²) in [5.41, 5.74) is 2.61. The maximum Gasteiger partial charge on any atom is 0.315 e. The number of phenolic OH excluding ortho intramolecular Hbond substituents is 1. The SMILES string of the molecule is CCOc1cc(/C=N/NC(=O)Cc2ccc(F)cc2)cc([N+](=O)[O-])c1O. The van der Waals surface area contributed by atoms with Crippen LogP contribution in [0.25, 0.3) is 0 Å². The Morgan fingerprint density at radius 3 is 2.69 bits per heavy atom. The van der Waals surface area contributed by atoms with Crippen molar-refractivity contribution in [2.24, 2.45) is 5.10 Å². The number of hydrogen-bond donors (Lipinski definition) is 2. The molecule has 0 heterocycles. The number of ether oxygens (including phenoxy) is 1. The molecule has 9 heteroatoms. The zero-order chi connectivity index (χ0) is 19.1. The average molecular weight is 361 g/mol. The molecule has 2 aromatic rings. The molecule has 8 nitrogen and oxygen atoms in total. The number of nitrogens with one attached hydrogen (secondary N) is 1. The summed E-state index contributed by atoms with van der Waals surface area (Å²) >= 11 is 0. The fourth-order valence-corrected chi connectivity index (χ4v) is 2.10. The number of carbonyl (C=O) groups excluding carboxylic acids is 1. The van der Waals surface area contributed by atoms with Gasteiger partial charge < -0.3 is 9.84 Å². The summed E-state index contributed by atoms with van der Waals surface area (Å²) in [6.07, 6.45) is 1.19. The lowest BCUT2D eigenvalue weighted by molar-refractivity contribution is -0.386. The Hall–Kier alpha value is -3.49. The first-order valence-corrected chi connectivity index (χ1v) is 7.61. The van der Waals surface area contributed by atoms with Crippen LogP contribution in [0.5, 0.6) is 11.5 Å². The minimum Gasteiger partial charge on any atom is -0.500 e. The van der Waals surface area contributed by atoms with E-state index in [0.717, 1.165) is 6.07 Å². The third kappa shape index (κ3) is 5.00. The van der Waals surface area contributed by atoms with Crippen molar-refractivity contribution in [2.75, 3.05) is 6.61 Å². The third-order valence-corrected chi connectivity index (χ3v) is 3.25. The molecule has 0 atom stereocenters. The van der Waals surface area contributed by atoms with Crippen LogP contribution in [0.1, 0.15) is 18.1 Å². The van der Waals surface area contributed by atoms with Gasteiger partial charge in [-0.15, -0.1) is 0 Å². The van der Waals surface area contributed by atoms with Gasteiger partial charge in [0.05, 0.1) is 24.2 Å². The smallest absolute Gasteiger partial charge is 0.315 e. The molecule has 1 amide bonds. The third-order valence-electron chi connectivity index (χ3n) is 3.25. The highest BCUT2D eigenvalue weighted by Gasteiger charge is 2.19. The highest BCUT2D eigenvalue weighted by atomic mass is 19.1. The van der Waals surface area contributed by atoms with Crippen LogP contribution in [0, 0.1) is 15.9 Å². The average Bonchev–Trinajstić information content (AvgIpc) is 2.59. The van der Waals surface area contributed by atoms with E-state index in [0.29, 0.717) is 5.56 Å². The molecule has 0 aliphatic carbocycles. The van der Waals surface area contributed by atoms with Crippen LogP contribution in [0.2, 0.25) is 0 Å². The van der Waals surface area contributed by atoms with E-state index in [9.17, 15) is 24.4 Å². The molecule has 0 aliphatic rings. The number of nitro groups is 1. The minimum atomic E-state index is -0.748. The number of hydrazone groups is 1. The lowest BCUT2D eigenvalue weighted by Crippen LogP contribution is -2.19. The molecule has 2 N–H and O–H groups in total. The first-order chi connectivity index (χ1) is 12.4. The van der Waals surface area contributed by atoms with E-state index in [1.54, 1.807) is 6.92 Å². The molecular formula is C17H16FN3O5. The number of amides is 1. The zero-order valence-corrected chi connectivity index (χ0v) is 13.8. The quantitative estimate of drug-likeness (QED) is 0.447. The number of nitro benzene ring substituents is 1. The van der Waals surface area contributed by atoms with E-state index in [1.165, 1.54) is 36.5 Å². The van der Waals surface area contributed by atoms with Gasteiger partial charge in [-0.2, -0.15) is 5.10 Å². The first kappa shape index (κ1) is 18.8. The molecule has 0 fully saturated rings. The Labute approximate surface area is 148 Å². The van der Waals surface area contributed by atoms with Crippen molar-refractivity contribution in [3.05, 3.63) is 63.5 Å². The van der Waals surface area contributed by atoms with Crippen LogP contribution in [-0.2, 0) is 11.2 Å². The van der Waals surface area contributed by atoms with Crippen LogP contribution < -0.4 is 10.2 Å². The second kappa shape index (κ2) is 8.56. The van der Waals surface area contributed by atoms with Gasteiger partial charge in [-0.3, -0.25) is 14.9 Å². The molecule has 0 aromatic heterocycles. The summed E-state index contributed by atoms with van der Waals surface area (Å²) in [7, 11) is 0. The van der Waals surface area contributed by atoms with E-state index in [1.807, 2.05) is 0 Å². The number of phenols is 1. The van der Waals surface area contributed by atoms with Crippen LogP contribution in [0.4, 0.5) is 10.1 Å². The van der Waals surface area contributed by atoms with Crippen LogP contribution in [0.3, 0.4) is 0 Å². The van der Waals surface area contributed by atoms with Gasteiger partial charge in [0, 0.05) is 11.6 Å². The number of hydrogen-bond acceptors (Lipinski definition) is 6. The maximum atomic E-state index is 12.8. The van der Waals surface area contributed by atoms with Gasteiger partial charge in [0.25, 0.3) is 0 Å². The molecule has 0 radical (unpaired) electrons. The van der Waals surface area contributed by atoms with Crippen molar-refractivity contribution in [3.8, 4) is 11.5 Å². The summed E-state index contributed by atoms with van der Waals surface area (Å²) < 4.78 is 18.0. The van der Waals surface area contributed by atoms with Gasteiger partial charge >= 0.3 is 5.69 Å². The number of nitrogens with zero attached hydrogens (tertiary/aromatic N) is 2. The van der Waals surface area contributed by atoms with Crippen molar-refractivity contribution >= 4 is 17.8 Å². The summed E-state index contributed by atoms with van der Waals surface area (Å²) in [6.45, 7) is 1.88. The zero-order valence-electron chi connectivity index (χ0n) is 13.8. The normalized spacial score (nSPS) is 10.7. The van der Waals surface area contributed by atoms with Crippen LogP contribution in [-0.4, -0.2) is 28.8 Å². The van der Waals surface area contributed by atoms with Crippen molar-refractivity contribution in [2.45, 2.75) is 13.3 Å². The Morgan fingerprint density at radius 2 is 2.08 bits per heavy atom. The number of carbonyl (C=O) groups is 1. The molecule has 2 aromatic carbocycles. The first-order valence-electron chi connectivity index (χ1n) is 7.61. The minimum absolute atomic E-state index is 0.00244. The Morgan fingerprint density at radius 1 is 1.38 bits per heavy atom. The Kier molecular flexibility index (Phi) is 6.20. The lowest BCUT2D eigenvalue weighted by atomic mass is 10.1. The Balaban J connectivity index is 2.08. The van der Waals surface area contributed by atoms with Gasteiger partial charge in [-0.25, -0.2) is 9.82 Å². The van der Waals surface area contributed by atoms with E-state index in [4.69, 9.17) is 4.74 Å². The molecule has 0 unspecified atom stereocenters. The summed E-state index contributed by atoms with van der Waals surface area (Å²) in [6, 6.07) is 7.93. The molecule has 0 saturated carbocycles. The largest absolute Gasteiger partial charge is 0.500 e. The molecule has 26 heavy (non-hydrogen) atoms. The molecular weight excluding hydrogens is 345 g/mol. The topological polar surface area (TPSA) is 114 Å². The molecule has 0 saturated heterocycles. The van der Waals surface area contributed by atoms with Crippen LogP contribution >= 0.6 is 0 Å². The number of halogens is 1. The molecule has 0 aliphatic heterocycles. The van der Waals surface area contributed by atoms with E-state index < -0.39 is 28.1 Å². The fraction of sp³-hybridized carbons (Fsp3) is 0.176. The number of benzene rings is 2. The maximum absolute atomic E-state index is 12.8. The van der Waals surface area contributed by atoms with Crippen LogP contribution in [0.15, 0.2) is 41.5 Å². The summed E-state index contributed by atoms with van der Waals surface area (Å²) in [4.78, 5) is 22.0. The Bertz CT molecular complexity index is 837. The lowest BCUT2D eigenvalue weighted by Gasteiger charge is -2.07. The molecule has 0 spiro atoms. The van der Waals surface area contributed by atoms with Gasteiger partial charge in [0.15, 0.2) is 5.75 Å². The second-order valence-electron chi connectivity index (χ2n) is 5.17. The van der Waals surface area contributed by atoms with Crippen molar-refractivity contribution in [1.29, 1.82) is 0 Å². The second-order valence-corrected chi connectivity index (χ2v) is 5.17. The van der Waals surface area contributed by atoms with Crippen molar-refractivity contribution in [1.82, 2.24) is 5.43 Å². The summed E-state index contributed by atoms with van der Waals surface area (Å²) in [5, 5.41) is 24.5. The molecule has 2 rings (SSSR count). The van der Waals surface area contributed by atoms with Crippen molar-refractivity contribution < 1.29 is 24.0 Å². The van der Waals surface area contributed by atoms with Gasteiger partial charge in [0.2, 0.25) is 11.7 Å². The number of rotatable bonds is 7. The highest BCUT2D eigenvalue weighted by Crippen LogP contribution is 2.36. The summed E-state index contributed by atoms with van der Waals surface area (Å²) in [5.74, 6) is -1.47. The predicted octanol–water partition coefficient (Wildman–Crippen LogP) is 2.53.